The Morgan fingerprint density at radius 2 is 2.00 bits per heavy atom. The molecular weight excluding hydrogens is 438 g/mol. The molecule has 0 radical (unpaired) electrons. The lowest BCUT2D eigenvalue weighted by Gasteiger charge is -2.33. The molecule has 2 N–H and O–H groups in total. The number of hydrogen-bond donors (Lipinski definition) is 2. The van der Waals surface area contributed by atoms with E-state index in [1.54, 1.807) is 6.07 Å². The van der Waals surface area contributed by atoms with E-state index in [0.29, 0.717) is 55.5 Å². The Morgan fingerprint density at radius 3 is 2.71 bits per heavy atom. The minimum absolute atomic E-state index is 0.0422. The van der Waals surface area contributed by atoms with Crippen molar-refractivity contribution in [3.63, 3.8) is 0 Å². The number of morpholine rings is 1. The van der Waals surface area contributed by atoms with Crippen LogP contribution in [0.1, 0.15) is 57.1 Å². The Labute approximate surface area is 191 Å². The van der Waals surface area contributed by atoms with Gasteiger partial charge in [-0.15, -0.1) is 11.3 Å². The monoisotopic (exact) mass is 465 g/mol. The largest absolute Gasteiger partial charge is 0.393 e. The van der Waals surface area contributed by atoms with E-state index in [-0.39, 0.29) is 24.7 Å². The fourth-order valence-corrected chi connectivity index (χ4v) is 5.52. The van der Waals surface area contributed by atoms with Crippen LogP contribution in [0.5, 0.6) is 0 Å². The van der Waals surface area contributed by atoms with E-state index in [9.17, 15) is 15.0 Å². The highest BCUT2D eigenvalue weighted by atomic mass is 35.5. The van der Waals surface area contributed by atoms with Crippen LogP contribution in [0.2, 0.25) is 5.02 Å². The van der Waals surface area contributed by atoms with Gasteiger partial charge in [0.1, 0.15) is 0 Å². The highest BCUT2D eigenvalue weighted by Gasteiger charge is 2.29. The molecule has 0 spiro atoms. The Morgan fingerprint density at radius 1 is 1.23 bits per heavy atom. The zero-order chi connectivity index (χ0) is 22.0. The highest BCUT2D eigenvalue weighted by Crippen LogP contribution is 2.36. The van der Waals surface area contributed by atoms with Crippen LogP contribution in [0.3, 0.4) is 0 Å². The molecule has 1 amide bonds. The Hall–Kier alpha value is -1.48. The molecule has 2 aromatic rings. The summed E-state index contributed by atoms with van der Waals surface area (Å²) in [6, 6.07) is 7.61. The fraction of sp³-hybridized carbons (Fsp3) is 0.522. The summed E-state index contributed by atoms with van der Waals surface area (Å²) in [5.74, 6) is 0.0422. The summed E-state index contributed by atoms with van der Waals surface area (Å²) in [4.78, 5) is 16.3. The summed E-state index contributed by atoms with van der Waals surface area (Å²) in [5.41, 5.74) is 2.50. The predicted molar refractivity (Wildman–Crippen MR) is 120 cm³/mol. The Bertz CT molecular complexity index is 917. The van der Waals surface area contributed by atoms with Crippen LogP contribution >= 0.6 is 22.9 Å². The minimum atomic E-state index is -0.425. The highest BCUT2D eigenvalue weighted by molar-refractivity contribution is 7.14. The van der Waals surface area contributed by atoms with E-state index >= 15 is 0 Å². The van der Waals surface area contributed by atoms with E-state index in [2.05, 4.69) is 0 Å². The van der Waals surface area contributed by atoms with Crippen molar-refractivity contribution in [1.82, 2.24) is 4.90 Å². The van der Waals surface area contributed by atoms with Gasteiger partial charge in [0.2, 0.25) is 0 Å². The molecular formula is C23H28ClNO5S. The fourth-order valence-electron chi connectivity index (χ4n) is 4.27. The van der Waals surface area contributed by atoms with Gasteiger partial charge in [-0.2, -0.15) is 0 Å². The van der Waals surface area contributed by atoms with Gasteiger partial charge in [0.15, 0.2) is 0 Å². The molecule has 1 aromatic heterocycles. The number of hydrogen-bond acceptors (Lipinski definition) is 6. The van der Waals surface area contributed by atoms with E-state index in [4.69, 9.17) is 21.1 Å². The Balaban J connectivity index is 1.54. The molecule has 1 aromatic carbocycles. The van der Waals surface area contributed by atoms with E-state index in [1.165, 1.54) is 11.3 Å². The van der Waals surface area contributed by atoms with Crippen LogP contribution in [0.4, 0.5) is 0 Å². The van der Waals surface area contributed by atoms with Gasteiger partial charge in [0, 0.05) is 35.8 Å². The summed E-state index contributed by atoms with van der Waals surface area (Å²) in [6.45, 7) is 4.21. The first kappa shape index (κ1) is 22.7. The average molecular weight is 466 g/mol. The van der Waals surface area contributed by atoms with Crippen LogP contribution in [-0.2, 0) is 22.5 Å². The van der Waals surface area contributed by atoms with E-state index < -0.39 is 6.10 Å². The summed E-state index contributed by atoms with van der Waals surface area (Å²) in [5, 5.41) is 20.6. The minimum Gasteiger partial charge on any atom is -0.393 e. The van der Waals surface area contributed by atoms with Crippen molar-refractivity contribution in [2.75, 3.05) is 26.3 Å². The third kappa shape index (κ3) is 5.30. The number of halogens is 1. The molecule has 6 nitrogen and oxygen atoms in total. The lowest BCUT2D eigenvalue weighted by Crippen LogP contribution is -2.40. The van der Waals surface area contributed by atoms with Crippen LogP contribution in [0, 0.1) is 0 Å². The summed E-state index contributed by atoms with van der Waals surface area (Å²) < 4.78 is 11.4. The van der Waals surface area contributed by atoms with E-state index in [1.807, 2.05) is 30.0 Å². The molecule has 168 valence electrons. The van der Waals surface area contributed by atoms with Gasteiger partial charge in [0.05, 0.1) is 43.0 Å². The third-order valence-corrected chi connectivity index (χ3v) is 7.27. The molecule has 3 heterocycles. The van der Waals surface area contributed by atoms with Crippen molar-refractivity contribution in [1.29, 1.82) is 0 Å². The van der Waals surface area contributed by atoms with Crippen LogP contribution < -0.4 is 0 Å². The molecule has 0 saturated carbocycles. The number of thiophene rings is 1. The van der Waals surface area contributed by atoms with Crippen molar-refractivity contribution in [2.24, 2.45) is 0 Å². The maximum absolute atomic E-state index is 12.7. The number of aliphatic hydroxyl groups excluding tert-OH is 2. The van der Waals surface area contributed by atoms with Crippen molar-refractivity contribution < 1.29 is 24.5 Å². The van der Waals surface area contributed by atoms with Gasteiger partial charge in [-0.25, -0.2) is 0 Å². The maximum Gasteiger partial charge on any atom is 0.264 e. The van der Waals surface area contributed by atoms with Gasteiger partial charge < -0.3 is 24.6 Å². The summed E-state index contributed by atoms with van der Waals surface area (Å²) in [6.07, 6.45) is 0.939. The summed E-state index contributed by atoms with van der Waals surface area (Å²) >= 11 is 8.01. The van der Waals surface area contributed by atoms with Crippen molar-refractivity contribution in [3.8, 4) is 0 Å². The first-order valence-corrected chi connectivity index (χ1v) is 11.9. The second kappa shape index (κ2) is 9.98. The second-order valence-electron chi connectivity index (χ2n) is 8.21. The molecule has 31 heavy (non-hydrogen) atoms. The average Bonchev–Trinajstić information content (AvgIpc) is 3.22. The number of carbonyl (C=O) groups is 1. The van der Waals surface area contributed by atoms with E-state index in [0.717, 1.165) is 21.6 Å². The molecule has 2 saturated heterocycles. The molecule has 0 aliphatic carbocycles. The first-order valence-electron chi connectivity index (χ1n) is 10.7. The number of nitrogens with zero attached hydrogens (tertiary/aromatic N) is 1. The number of amides is 1. The lowest BCUT2D eigenvalue weighted by atomic mass is 9.91. The lowest BCUT2D eigenvalue weighted by molar-refractivity contribution is -0.0901. The number of aliphatic hydroxyl groups is 2. The van der Waals surface area contributed by atoms with Crippen LogP contribution in [-0.4, -0.2) is 59.5 Å². The zero-order valence-electron chi connectivity index (χ0n) is 17.6. The molecule has 8 heteroatoms. The smallest absolute Gasteiger partial charge is 0.264 e. The molecule has 0 bridgehead atoms. The normalized spacial score (nSPS) is 24.4. The zero-order valence-corrected chi connectivity index (χ0v) is 19.1. The number of benzene rings is 1. The SMILES string of the molecule is CC1CC(O)CC(c2cc(Cc3ccc(C(=O)N4CCOCC4)s3)c(Cl)cc2CO)O1. The van der Waals surface area contributed by atoms with Gasteiger partial charge in [0.25, 0.3) is 5.91 Å². The molecule has 2 aliphatic rings. The van der Waals surface area contributed by atoms with Gasteiger partial charge >= 0.3 is 0 Å². The predicted octanol–water partition coefficient (Wildman–Crippen LogP) is 3.56. The topological polar surface area (TPSA) is 79.2 Å². The summed E-state index contributed by atoms with van der Waals surface area (Å²) in [7, 11) is 0. The second-order valence-corrected chi connectivity index (χ2v) is 9.78. The van der Waals surface area contributed by atoms with Crippen LogP contribution in [0.15, 0.2) is 24.3 Å². The van der Waals surface area contributed by atoms with Gasteiger partial charge in [-0.05, 0) is 48.2 Å². The number of rotatable bonds is 5. The van der Waals surface area contributed by atoms with Gasteiger partial charge in [-0.1, -0.05) is 17.7 Å². The van der Waals surface area contributed by atoms with Crippen LogP contribution in [0.25, 0.3) is 0 Å². The van der Waals surface area contributed by atoms with Gasteiger partial charge in [-0.3, -0.25) is 4.79 Å². The Kier molecular flexibility index (Phi) is 7.31. The molecule has 3 atom stereocenters. The molecule has 3 unspecified atom stereocenters. The van der Waals surface area contributed by atoms with Crippen molar-refractivity contribution in [3.05, 3.63) is 55.7 Å². The molecule has 2 aliphatic heterocycles. The third-order valence-electron chi connectivity index (χ3n) is 5.85. The molecule has 4 rings (SSSR count). The quantitative estimate of drug-likeness (QED) is 0.705. The molecule has 2 fully saturated rings. The standard InChI is InChI=1S/C23H28ClNO5S/c1-14-8-17(27)12-21(30-14)19-10-15(20(24)11-16(19)13-26)9-18-2-3-22(31-18)23(28)25-4-6-29-7-5-25/h2-3,10-11,14,17,21,26-27H,4-9,12-13H2,1H3. The first-order chi connectivity index (χ1) is 14.9. The van der Waals surface area contributed by atoms with Crippen molar-refractivity contribution >= 4 is 28.8 Å². The number of ether oxygens (including phenoxy) is 2. The van der Waals surface area contributed by atoms with Crippen molar-refractivity contribution in [2.45, 2.75) is 51.1 Å². The maximum atomic E-state index is 12.7. The number of carbonyl (C=O) groups excluding carboxylic acids is 1.